The molecular weight excluding hydrogens is 423 g/mol. The molecule has 1 aromatic heterocycles. The van der Waals surface area contributed by atoms with Gasteiger partial charge in [0, 0.05) is 14.0 Å². The van der Waals surface area contributed by atoms with Crippen LogP contribution in [0, 0.1) is 6.92 Å². The number of aryl methyl sites for hydroxylation is 1. The molecule has 0 aliphatic rings. The van der Waals surface area contributed by atoms with Crippen molar-refractivity contribution < 1.29 is 0 Å². The quantitative estimate of drug-likeness (QED) is 0.498. The van der Waals surface area contributed by atoms with Crippen molar-refractivity contribution in [3.05, 3.63) is 49.9 Å². The van der Waals surface area contributed by atoms with Crippen LogP contribution in [0.5, 0.6) is 0 Å². The Morgan fingerprint density at radius 2 is 1.85 bits per heavy atom. The van der Waals surface area contributed by atoms with Crippen molar-refractivity contribution in [1.82, 2.24) is 4.98 Å². The van der Waals surface area contributed by atoms with Gasteiger partial charge in [0.05, 0.1) is 15.9 Å². The number of fused-ring (bicyclic) bond motifs is 1. The summed E-state index contributed by atoms with van der Waals surface area (Å²) in [6, 6.07) is 9.84. The fourth-order valence-electron chi connectivity index (χ4n) is 1.88. The Bertz CT molecular complexity index is 778. The summed E-state index contributed by atoms with van der Waals surface area (Å²) < 4.78 is 3.07. The van der Waals surface area contributed by atoms with Crippen molar-refractivity contribution >= 4 is 75.8 Å². The first-order chi connectivity index (χ1) is 9.52. The minimum absolute atomic E-state index is 0.727. The maximum absolute atomic E-state index is 6.00. The molecule has 6 heteroatoms. The van der Waals surface area contributed by atoms with E-state index in [9.17, 15) is 0 Å². The number of rotatable bonds is 2. The van der Waals surface area contributed by atoms with Gasteiger partial charge in [0.15, 0.2) is 5.13 Å². The number of benzene rings is 2. The number of anilines is 2. The number of nitrogens with zero attached hydrogens (tertiary/aromatic N) is 1. The molecule has 0 radical (unpaired) electrons. The van der Waals surface area contributed by atoms with E-state index < -0.39 is 0 Å². The van der Waals surface area contributed by atoms with E-state index in [-0.39, 0.29) is 0 Å². The molecule has 0 saturated heterocycles. The predicted molar refractivity (Wildman–Crippen MR) is 94.5 cm³/mol. The van der Waals surface area contributed by atoms with Crippen LogP contribution in [0.2, 0.25) is 5.02 Å². The highest BCUT2D eigenvalue weighted by molar-refractivity contribution is 9.11. The van der Waals surface area contributed by atoms with Gasteiger partial charge in [0.25, 0.3) is 0 Å². The third-order valence-electron chi connectivity index (χ3n) is 2.77. The minimum atomic E-state index is 0.727. The molecule has 1 heterocycles. The normalized spacial score (nSPS) is 11.0. The van der Waals surface area contributed by atoms with Gasteiger partial charge in [-0.2, -0.15) is 0 Å². The smallest absolute Gasteiger partial charge is 0.188 e. The Labute approximate surface area is 142 Å². The fourth-order valence-corrected chi connectivity index (χ4v) is 4.64. The van der Waals surface area contributed by atoms with Gasteiger partial charge in [-0.3, -0.25) is 0 Å². The third-order valence-corrected chi connectivity index (χ3v) is 5.19. The number of aromatic nitrogens is 1. The highest BCUT2D eigenvalue weighted by Crippen LogP contribution is 2.37. The zero-order valence-electron chi connectivity index (χ0n) is 10.4. The van der Waals surface area contributed by atoms with Crippen molar-refractivity contribution in [2.45, 2.75) is 6.92 Å². The van der Waals surface area contributed by atoms with Crippen LogP contribution in [0.4, 0.5) is 10.8 Å². The molecule has 0 aliphatic heterocycles. The van der Waals surface area contributed by atoms with E-state index in [1.165, 1.54) is 5.56 Å². The van der Waals surface area contributed by atoms with Crippen molar-refractivity contribution in [2.24, 2.45) is 0 Å². The highest BCUT2D eigenvalue weighted by Gasteiger charge is 2.10. The largest absolute Gasteiger partial charge is 0.330 e. The van der Waals surface area contributed by atoms with E-state index in [1.54, 1.807) is 11.3 Å². The number of hydrogen-bond acceptors (Lipinski definition) is 3. The van der Waals surface area contributed by atoms with Crippen molar-refractivity contribution in [3.63, 3.8) is 0 Å². The predicted octanol–water partition coefficient (Wildman–Crippen LogP) is 6.53. The number of hydrogen-bond donors (Lipinski definition) is 1. The zero-order chi connectivity index (χ0) is 14.3. The lowest BCUT2D eigenvalue weighted by Gasteiger charge is -2.09. The highest BCUT2D eigenvalue weighted by atomic mass is 79.9. The third kappa shape index (κ3) is 2.86. The van der Waals surface area contributed by atoms with Crippen LogP contribution < -0.4 is 5.32 Å². The van der Waals surface area contributed by atoms with Crippen LogP contribution in [0.25, 0.3) is 10.2 Å². The number of halogens is 3. The Morgan fingerprint density at radius 3 is 2.55 bits per heavy atom. The minimum Gasteiger partial charge on any atom is -0.330 e. The van der Waals surface area contributed by atoms with Crippen LogP contribution in [0.3, 0.4) is 0 Å². The van der Waals surface area contributed by atoms with E-state index in [0.717, 1.165) is 35.0 Å². The summed E-state index contributed by atoms with van der Waals surface area (Å²) in [5.41, 5.74) is 3.10. The topological polar surface area (TPSA) is 24.9 Å². The SMILES string of the molecule is Cc1cc(Br)c(Nc2nc3ccc(Cl)cc3s2)c(Br)c1. The van der Waals surface area contributed by atoms with Crippen molar-refractivity contribution in [2.75, 3.05) is 5.32 Å². The average molecular weight is 433 g/mol. The average Bonchev–Trinajstić information content (AvgIpc) is 2.75. The summed E-state index contributed by atoms with van der Waals surface area (Å²) in [7, 11) is 0. The standard InChI is InChI=1S/C14H9Br2ClN2S/c1-7-4-9(15)13(10(16)5-7)19-14-18-11-3-2-8(17)6-12(11)20-14/h2-6H,1H3,(H,18,19). The van der Waals surface area contributed by atoms with Crippen LogP contribution >= 0.6 is 54.8 Å². The summed E-state index contributed by atoms with van der Waals surface area (Å²) >= 11 is 14.7. The number of nitrogens with one attached hydrogen (secondary N) is 1. The molecule has 0 aliphatic carbocycles. The van der Waals surface area contributed by atoms with Crippen LogP contribution in [-0.4, -0.2) is 4.98 Å². The first kappa shape index (κ1) is 14.3. The molecule has 102 valence electrons. The maximum atomic E-state index is 6.00. The molecule has 0 amide bonds. The molecule has 3 rings (SSSR count). The summed E-state index contributed by atoms with van der Waals surface area (Å²) in [5, 5.41) is 4.91. The molecule has 0 atom stereocenters. The lowest BCUT2D eigenvalue weighted by atomic mass is 10.2. The van der Waals surface area contributed by atoms with Crippen molar-refractivity contribution in [1.29, 1.82) is 0 Å². The second-order valence-electron chi connectivity index (χ2n) is 4.36. The summed E-state index contributed by atoms with van der Waals surface area (Å²) in [6.07, 6.45) is 0. The van der Waals surface area contributed by atoms with E-state index in [4.69, 9.17) is 11.6 Å². The fraction of sp³-hybridized carbons (Fsp3) is 0.0714. The van der Waals surface area contributed by atoms with Crippen molar-refractivity contribution in [3.8, 4) is 0 Å². The van der Waals surface area contributed by atoms with Gasteiger partial charge in [0.2, 0.25) is 0 Å². The second-order valence-corrected chi connectivity index (χ2v) is 7.54. The molecule has 3 aromatic rings. The Balaban J connectivity index is 2.01. The first-order valence-corrected chi connectivity index (χ1v) is 8.60. The van der Waals surface area contributed by atoms with Gasteiger partial charge in [-0.25, -0.2) is 4.98 Å². The van der Waals surface area contributed by atoms with Crippen LogP contribution in [-0.2, 0) is 0 Å². The molecular formula is C14H9Br2ClN2S. The van der Waals surface area contributed by atoms with Gasteiger partial charge >= 0.3 is 0 Å². The maximum Gasteiger partial charge on any atom is 0.188 e. The molecule has 0 bridgehead atoms. The van der Waals surface area contributed by atoms with E-state index in [2.05, 4.69) is 61.2 Å². The molecule has 1 N–H and O–H groups in total. The van der Waals surface area contributed by atoms with Gasteiger partial charge in [-0.05, 0) is 74.7 Å². The van der Waals surface area contributed by atoms with Gasteiger partial charge < -0.3 is 5.32 Å². The molecule has 2 aromatic carbocycles. The molecule has 20 heavy (non-hydrogen) atoms. The Hall–Kier alpha value is -0.620. The van der Waals surface area contributed by atoms with Crippen LogP contribution in [0.15, 0.2) is 39.3 Å². The second kappa shape index (κ2) is 5.64. The molecule has 0 unspecified atom stereocenters. The van der Waals surface area contributed by atoms with Gasteiger partial charge in [0.1, 0.15) is 0 Å². The summed E-state index contributed by atoms with van der Waals surface area (Å²) in [5.74, 6) is 0. The monoisotopic (exact) mass is 430 g/mol. The first-order valence-electron chi connectivity index (χ1n) is 5.82. The van der Waals surface area contributed by atoms with E-state index in [0.29, 0.717) is 0 Å². The van der Waals surface area contributed by atoms with Gasteiger partial charge in [-0.15, -0.1) is 0 Å². The summed E-state index contributed by atoms with van der Waals surface area (Å²) in [4.78, 5) is 4.56. The number of thiazole rings is 1. The molecule has 0 spiro atoms. The Morgan fingerprint density at radius 1 is 1.15 bits per heavy atom. The molecule has 0 saturated carbocycles. The molecule has 2 nitrogen and oxygen atoms in total. The molecule has 0 fully saturated rings. The zero-order valence-corrected chi connectivity index (χ0v) is 15.1. The Kier molecular flexibility index (Phi) is 4.04. The lowest BCUT2D eigenvalue weighted by molar-refractivity contribution is 1.39. The van der Waals surface area contributed by atoms with E-state index in [1.807, 2.05) is 18.2 Å². The van der Waals surface area contributed by atoms with Crippen LogP contribution in [0.1, 0.15) is 5.56 Å². The van der Waals surface area contributed by atoms with Gasteiger partial charge in [-0.1, -0.05) is 22.9 Å². The lowest BCUT2D eigenvalue weighted by Crippen LogP contribution is -1.92. The summed E-state index contributed by atoms with van der Waals surface area (Å²) in [6.45, 7) is 2.05. The van der Waals surface area contributed by atoms with E-state index >= 15 is 0 Å².